The molecule has 1 amide bonds. The lowest BCUT2D eigenvalue weighted by molar-refractivity contribution is -0.136. The highest BCUT2D eigenvalue weighted by Crippen LogP contribution is 2.23. The van der Waals surface area contributed by atoms with E-state index in [9.17, 15) is 9.59 Å². The highest BCUT2D eigenvalue weighted by molar-refractivity contribution is 5.86. The molecular weight excluding hydrogens is 296 g/mol. The monoisotopic (exact) mass is 320 g/mol. The lowest BCUT2D eigenvalue weighted by Gasteiger charge is -2.32. The Morgan fingerprint density at radius 2 is 1.87 bits per heavy atom. The van der Waals surface area contributed by atoms with E-state index in [-0.39, 0.29) is 11.7 Å². The summed E-state index contributed by atoms with van der Waals surface area (Å²) >= 11 is 0. The van der Waals surface area contributed by atoms with Gasteiger partial charge in [0.1, 0.15) is 5.76 Å². The van der Waals surface area contributed by atoms with E-state index in [4.69, 9.17) is 4.42 Å². The normalized spacial score (nSPS) is 20.0. The van der Waals surface area contributed by atoms with Gasteiger partial charge in [0.05, 0.1) is 13.7 Å². The number of hydrogen-bond donors (Lipinski definition) is 0. The number of hydrogen-bond acceptors (Lipinski definition) is 5. The number of likely N-dealkylation sites (tertiary alicyclic amines) is 2. The van der Waals surface area contributed by atoms with Crippen molar-refractivity contribution < 1.29 is 18.7 Å². The molecule has 23 heavy (non-hydrogen) atoms. The summed E-state index contributed by atoms with van der Waals surface area (Å²) in [7, 11) is 1.34. The summed E-state index contributed by atoms with van der Waals surface area (Å²) in [4.78, 5) is 28.1. The van der Waals surface area contributed by atoms with Crippen molar-refractivity contribution in [3.8, 4) is 0 Å². The lowest BCUT2D eigenvalue weighted by Crippen LogP contribution is -2.41. The third kappa shape index (κ3) is 3.75. The van der Waals surface area contributed by atoms with E-state index in [1.54, 1.807) is 6.07 Å². The van der Waals surface area contributed by atoms with Gasteiger partial charge in [-0.25, -0.2) is 4.79 Å². The fourth-order valence-corrected chi connectivity index (χ4v) is 3.43. The first-order chi connectivity index (χ1) is 11.2. The molecule has 126 valence electrons. The fourth-order valence-electron chi connectivity index (χ4n) is 3.43. The molecule has 0 radical (unpaired) electrons. The van der Waals surface area contributed by atoms with Crippen LogP contribution in [-0.2, 0) is 16.1 Å². The molecule has 2 fully saturated rings. The van der Waals surface area contributed by atoms with Crippen LogP contribution in [-0.4, -0.2) is 55.0 Å². The first-order valence-corrected chi connectivity index (χ1v) is 8.35. The van der Waals surface area contributed by atoms with Gasteiger partial charge < -0.3 is 14.1 Å². The quantitative estimate of drug-likeness (QED) is 0.793. The summed E-state index contributed by atoms with van der Waals surface area (Å²) in [5.74, 6) is 1.06. The van der Waals surface area contributed by atoms with Crippen molar-refractivity contribution in [2.24, 2.45) is 5.92 Å². The van der Waals surface area contributed by atoms with Crippen molar-refractivity contribution in [2.75, 3.05) is 33.3 Å². The van der Waals surface area contributed by atoms with E-state index in [2.05, 4.69) is 9.64 Å². The van der Waals surface area contributed by atoms with Crippen LogP contribution in [0.3, 0.4) is 0 Å². The minimum Gasteiger partial charge on any atom is -0.463 e. The summed E-state index contributed by atoms with van der Waals surface area (Å²) in [6, 6.07) is 3.46. The average molecular weight is 320 g/mol. The van der Waals surface area contributed by atoms with E-state index in [1.165, 1.54) is 7.11 Å². The standard InChI is InChI=1S/C17H24N2O4/c1-22-17(21)15-5-4-14(23-15)12-18-10-6-13(7-11-18)16(20)19-8-2-3-9-19/h4-5,13H,2-3,6-12H2,1H3. The van der Waals surface area contributed by atoms with Gasteiger partial charge in [0.25, 0.3) is 0 Å². The van der Waals surface area contributed by atoms with E-state index < -0.39 is 5.97 Å². The first kappa shape index (κ1) is 16.1. The van der Waals surface area contributed by atoms with Crippen molar-refractivity contribution in [3.05, 3.63) is 23.7 Å². The number of esters is 1. The minimum atomic E-state index is -0.453. The second kappa shape index (κ2) is 7.17. The van der Waals surface area contributed by atoms with Crippen LogP contribution in [0.4, 0.5) is 0 Å². The molecule has 2 aliphatic rings. The molecule has 6 heteroatoms. The highest BCUT2D eigenvalue weighted by atomic mass is 16.5. The zero-order valence-corrected chi connectivity index (χ0v) is 13.6. The number of carbonyl (C=O) groups excluding carboxylic acids is 2. The Morgan fingerprint density at radius 3 is 2.52 bits per heavy atom. The summed E-state index contributed by atoms with van der Waals surface area (Å²) in [6.45, 7) is 4.31. The largest absolute Gasteiger partial charge is 0.463 e. The number of nitrogens with zero attached hydrogens (tertiary/aromatic N) is 2. The zero-order chi connectivity index (χ0) is 16.2. The molecule has 0 aromatic carbocycles. The smallest absolute Gasteiger partial charge is 0.373 e. The Bertz CT molecular complexity index is 555. The number of ether oxygens (including phenoxy) is 1. The molecular formula is C17H24N2O4. The molecule has 0 spiro atoms. The van der Waals surface area contributed by atoms with E-state index in [0.29, 0.717) is 12.5 Å². The molecule has 3 heterocycles. The van der Waals surface area contributed by atoms with Gasteiger partial charge >= 0.3 is 5.97 Å². The molecule has 1 aromatic heterocycles. The van der Waals surface area contributed by atoms with Crippen LogP contribution in [0, 0.1) is 5.92 Å². The van der Waals surface area contributed by atoms with Crippen LogP contribution >= 0.6 is 0 Å². The Balaban J connectivity index is 1.48. The fraction of sp³-hybridized carbons (Fsp3) is 0.647. The van der Waals surface area contributed by atoms with Gasteiger partial charge in [-0.2, -0.15) is 0 Å². The van der Waals surface area contributed by atoms with Gasteiger partial charge in [-0.05, 0) is 50.9 Å². The summed E-state index contributed by atoms with van der Waals surface area (Å²) in [5, 5.41) is 0. The maximum atomic E-state index is 12.4. The summed E-state index contributed by atoms with van der Waals surface area (Å²) in [5.41, 5.74) is 0. The van der Waals surface area contributed by atoms with Crippen molar-refractivity contribution in [1.82, 2.24) is 9.80 Å². The third-order valence-electron chi connectivity index (χ3n) is 4.78. The van der Waals surface area contributed by atoms with Crippen molar-refractivity contribution in [1.29, 1.82) is 0 Å². The Morgan fingerprint density at radius 1 is 1.17 bits per heavy atom. The first-order valence-electron chi connectivity index (χ1n) is 8.35. The Labute approximate surface area is 136 Å². The number of carbonyl (C=O) groups is 2. The predicted molar refractivity (Wildman–Crippen MR) is 83.9 cm³/mol. The minimum absolute atomic E-state index is 0.173. The topological polar surface area (TPSA) is 63.0 Å². The van der Waals surface area contributed by atoms with Gasteiger partial charge in [0, 0.05) is 19.0 Å². The van der Waals surface area contributed by atoms with Gasteiger partial charge in [0.2, 0.25) is 11.7 Å². The molecule has 0 bridgehead atoms. The van der Waals surface area contributed by atoms with Crippen LogP contribution < -0.4 is 0 Å². The maximum absolute atomic E-state index is 12.4. The number of piperidine rings is 1. The molecule has 3 rings (SSSR count). The lowest BCUT2D eigenvalue weighted by atomic mass is 9.95. The van der Waals surface area contributed by atoms with Crippen molar-refractivity contribution >= 4 is 11.9 Å². The van der Waals surface area contributed by atoms with Crippen LogP contribution in [0.15, 0.2) is 16.5 Å². The summed E-state index contributed by atoms with van der Waals surface area (Å²) in [6.07, 6.45) is 4.09. The van der Waals surface area contributed by atoms with Crippen LogP contribution in [0.5, 0.6) is 0 Å². The van der Waals surface area contributed by atoms with E-state index in [0.717, 1.165) is 57.6 Å². The van der Waals surface area contributed by atoms with E-state index in [1.807, 2.05) is 11.0 Å². The summed E-state index contributed by atoms with van der Waals surface area (Å²) < 4.78 is 10.1. The van der Waals surface area contributed by atoms with Crippen LogP contribution in [0.25, 0.3) is 0 Å². The number of methoxy groups -OCH3 is 1. The molecule has 0 N–H and O–H groups in total. The molecule has 6 nitrogen and oxygen atoms in total. The van der Waals surface area contributed by atoms with Gasteiger partial charge in [-0.3, -0.25) is 9.69 Å². The third-order valence-corrected chi connectivity index (χ3v) is 4.78. The highest BCUT2D eigenvalue weighted by Gasteiger charge is 2.30. The van der Waals surface area contributed by atoms with E-state index >= 15 is 0 Å². The molecule has 0 atom stereocenters. The molecule has 1 aromatic rings. The number of amides is 1. The molecule has 0 saturated carbocycles. The zero-order valence-electron chi connectivity index (χ0n) is 13.6. The second-order valence-corrected chi connectivity index (χ2v) is 6.34. The van der Waals surface area contributed by atoms with Crippen molar-refractivity contribution in [3.63, 3.8) is 0 Å². The van der Waals surface area contributed by atoms with Crippen LogP contribution in [0.2, 0.25) is 0 Å². The van der Waals surface area contributed by atoms with Crippen molar-refractivity contribution in [2.45, 2.75) is 32.2 Å². The second-order valence-electron chi connectivity index (χ2n) is 6.34. The maximum Gasteiger partial charge on any atom is 0.373 e. The SMILES string of the molecule is COC(=O)c1ccc(CN2CCC(C(=O)N3CCCC3)CC2)o1. The molecule has 2 saturated heterocycles. The molecule has 0 unspecified atom stereocenters. The van der Waals surface area contributed by atoms with Gasteiger partial charge in [-0.1, -0.05) is 0 Å². The predicted octanol–water partition coefficient (Wildman–Crippen LogP) is 1.90. The van der Waals surface area contributed by atoms with Gasteiger partial charge in [0.15, 0.2) is 0 Å². The molecule has 0 aliphatic carbocycles. The average Bonchev–Trinajstić information content (AvgIpc) is 3.26. The number of furan rings is 1. The molecule has 2 aliphatic heterocycles. The van der Waals surface area contributed by atoms with Gasteiger partial charge in [-0.15, -0.1) is 0 Å². The van der Waals surface area contributed by atoms with Crippen LogP contribution in [0.1, 0.15) is 42.0 Å². The Kier molecular flexibility index (Phi) is 5.00. The number of rotatable bonds is 4. The Hall–Kier alpha value is -1.82.